The van der Waals surface area contributed by atoms with Crippen molar-refractivity contribution >= 4 is 28.2 Å². The normalized spacial score (nSPS) is 19.5. The van der Waals surface area contributed by atoms with Crippen LogP contribution in [0.25, 0.3) is 0 Å². The van der Waals surface area contributed by atoms with E-state index in [1.807, 2.05) is 19.0 Å². The third kappa shape index (κ3) is 2.98. The van der Waals surface area contributed by atoms with Crippen LogP contribution in [0.2, 0.25) is 0 Å². The number of piperidine rings is 1. The summed E-state index contributed by atoms with van der Waals surface area (Å²) in [5.74, 6) is 0.281. The Morgan fingerprint density at radius 1 is 1.58 bits per heavy atom. The molecule has 0 spiro atoms. The van der Waals surface area contributed by atoms with Crippen molar-refractivity contribution in [1.29, 1.82) is 0 Å². The van der Waals surface area contributed by atoms with Gasteiger partial charge in [-0.25, -0.2) is 4.98 Å². The summed E-state index contributed by atoms with van der Waals surface area (Å²) in [6, 6.07) is 0. The van der Waals surface area contributed by atoms with Gasteiger partial charge in [0.05, 0.1) is 6.10 Å². The number of likely N-dealkylation sites (tertiary alicyclic amines) is 1. The Kier molecular flexibility index (Phi) is 4.26. The first-order chi connectivity index (χ1) is 9.02. The van der Waals surface area contributed by atoms with Crippen molar-refractivity contribution < 1.29 is 9.53 Å². The number of rotatable bonds is 3. The number of hydrogen-bond donors (Lipinski definition) is 1. The van der Waals surface area contributed by atoms with Crippen molar-refractivity contribution in [2.45, 2.75) is 18.9 Å². The Balaban J connectivity index is 2.14. The van der Waals surface area contributed by atoms with Crippen LogP contribution >= 0.6 is 11.3 Å². The smallest absolute Gasteiger partial charge is 0.267 e. The average Bonchev–Trinajstić information content (AvgIpc) is 2.80. The second-order valence-corrected chi connectivity index (χ2v) is 5.83. The molecule has 1 aromatic rings. The Morgan fingerprint density at radius 2 is 2.32 bits per heavy atom. The molecule has 19 heavy (non-hydrogen) atoms. The summed E-state index contributed by atoms with van der Waals surface area (Å²) in [6.45, 7) is 1.39. The van der Waals surface area contributed by atoms with E-state index in [4.69, 9.17) is 10.5 Å². The van der Waals surface area contributed by atoms with Crippen LogP contribution in [-0.4, -0.2) is 56.2 Å². The fraction of sp³-hybridized carbons (Fsp3) is 0.667. The number of nitrogen functional groups attached to an aromatic ring is 1. The molecule has 0 aromatic carbocycles. The molecule has 6 nitrogen and oxygen atoms in total. The molecule has 0 bridgehead atoms. The maximum absolute atomic E-state index is 12.5. The monoisotopic (exact) mass is 284 g/mol. The molecule has 2 rings (SSSR count). The van der Waals surface area contributed by atoms with E-state index < -0.39 is 0 Å². The quantitative estimate of drug-likeness (QED) is 0.898. The van der Waals surface area contributed by atoms with Crippen molar-refractivity contribution in [2.75, 3.05) is 44.9 Å². The van der Waals surface area contributed by atoms with Crippen LogP contribution in [-0.2, 0) is 4.74 Å². The van der Waals surface area contributed by atoms with Gasteiger partial charge in [0, 0.05) is 34.3 Å². The number of thiazole rings is 1. The third-order valence-electron chi connectivity index (χ3n) is 3.22. The first-order valence-electron chi connectivity index (χ1n) is 6.28. The van der Waals surface area contributed by atoms with Gasteiger partial charge < -0.3 is 20.3 Å². The van der Waals surface area contributed by atoms with E-state index in [1.54, 1.807) is 12.0 Å². The number of ether oxygens (including phenoxy) is 1. The highest BCUT2D eigenvalue weighted by Gasteiger charge is 2.27. The maximum atomic E-state index is 12.5. The van der Waals surface area contributed by atoms with Crippen molar-refractivity contribution in [2.24, 2.45) is 0 Å². The highest BCUT2D eigenvalue weighted by atomic mass is 32.1. The van der Waals surface area contributed by atoms with E-state index in [0.29, 0.717) is 17.2 Å². The molecule has 1 unspecified atom stereocenters. The van der Waals surface area contributed by atoms with Gasteiger partial charge in [-0.05, 0) is 12.8 Å². The summed E-state index contributed by atoms with van der Waals surface area (Å²) >= 11 is 1.34. The molecule has 1 atom stereocenters. The lowest BCUT2D eigenvalue weighted by Crippen LogP contribution is -2.42. The number of carbonyl (C=O) groups excluding carboxylic acids is 1. The number of nitrogens with two attached hydrogens (primary N) is 1. The van der Waals surface area contributed by atoms with Crippen molar-refractivity contribution in [1.82, 2.24) is 9.88 Å². The average molecular weight is 284 g/mol. The summed E-state index contributed by atoms with van der Waals surface area (Å²) in [5.41, 5.74) is 5.85. The zero-order chi connectivity index (χ0) is 14.0. The predicted molar refractivity (Wildman–Crippen MR) is 76.8 cm³/mol. The van der Waals surface area contributed by atoms with Gasteiger partial charge in [-0.2, -0.15) is 0 Å². The zero-order valence-corrected chi connectivity index (χ0v) is 12.4. The van der Waals surface area contributed by atoms with E-state index in [1.165, 1.54) is 11.3 Å². The highest BCUT2D eigenvalue weighted by molar-refractivity contribution is 7.18. The Morgan fingerprint density at radius 3 is 2.89 bits per heavy atom. The molecule has 1 amide bonds. The Hall–Kier alpha value is -1.34. The van der Waals surface area contributed by atoms with Gasteiger partial charge in [-0.1, -0.05) is 11.3 Å². The van der Waals surface area contributed by atoms with Gasteiger partial charge in [-0.15, -0.1) is 0 Å². The molecule has 106 valence electrons. The Labute approximate surface area is 117 Å². The molecule has 0 radical (unpaired) electrons. The van der Waals surface area contributed by atoms with E-state index in [2.05, 4.69) is 4.98 Å². The maximum Gasteiger partial charge on any atom is 0.267 e. The van der Waals surface area contributed by atoms with Gasteiger partial charge in [-0.3, -0.25) is 4.79 Å². The summed E-state index contributed by atoms with van der Waals surface area (Å²) in [5, 5.41) is 0.751. The summed E-state index contributed by atoms with van der Waals surface area (Å²) in [6.07, 6.45) is 2.09. The minimum Gasteiger partial charge on any atom is -0.382 e. The molecule has 2 N–H and O–H groups in total. The molecular formula is C12H20N4O2S. The van der Waals surface area contributed by atoms with Crippen LogP contribution in [0.1, 0.15) is 22.5 Å². The van der Waals surface area contributed by atoms with Gasteiger partial charge >= 0.3 is 0 Å². The van der Waals surface area contributed by atoms with Crippen LogP contribution in [0.4, 0.5) is 10.9 Å². The van der Waals surface area contributed by atoms with Crippen LogP contribution in [0.15, 0.2) is 0 Å². The molecule has 1 fully saturated rings. The first-order valence-corrected chi connectivity index (χ1v) is 7.10. The zero-order valence-electron chi connectivity index (χ0n) is 11.5. The van der Waals surface area contributed by atoms with Crippen LogP contribution in [0, 0.1) is 0 Å². The van der Waals surface area contributed by atoms with Crippen molar-refractivity contribution in [3.05, 3.63) is 4.88 Å². The molecular weight excluding hydrogens is 264 g/mol. The van der Waals surface area contributed by atoms with Crippen LogP contribution in [0.3, 0.4) is 0 Å². The fourth-order valence-electron chi connectivity index (χ4n) is 2.12. The molecule has 2 heterocycles. The highest BCUT2D eigenvalue weighted by Crippen LogP contribution is 2.28. The number of aromatic nitrogens is 1. The number of methoxy groups -OCH3 is 1. The minimum absolute atomic E-state index is 0.0372. The second kappa shape index (κ2) is 5.75. The first kappa shape index (κ1) is 14.1. The standard InChI is InChI=1S/C12H20N4O2S/c1-15(2)12-14-10(13)9(19-12)11(17)16-6-4-5-8(7-16)18-3/h8H,4-7,13H2,1-3H3. The number of carbonyl (C=O) groups is 1. The Bertz CT molecular complexity index is 461. The van der Waals surface area contributed by atoms with Crippen molar-refractivity contribution in [3.8, 4) is 0 Å². The molecule has 7 heteroatoms. The summed E-state index contributed by atoms with van der Waals surface area (Å²) < 4.78 is 5.34. The third-order valence-corrected chi connectivity index (χ3v) is 4.44. The summed E-state index contributed by atoms with van der Waals surface area (Å²) in [7, 11) is 5.45. The molecule has 1 aliphatic heterocycles. The molecule has 1 aliphatic rings. The SMILES string of the molecule is COC1CCCN(C(=O)c2sc(N(C)C)nc2N)C1. The van der Waals surface area contributed by atoms with Crippen LogP contribution < -0.4 is 10.6 Å². The van der Waals surface area contributed by atoms with Gasteiger partial charge in [0.25, 0.3) is 5.91 Å². The lowest BCUT2D eigenvalue weighted by molar-refractivity contribution is 0.0272. The number of anilines is 2. The topological polar surface area (TPSA) is 71.7 Å². The van der Waals surface area contributed by atoms with E-state index in [-0.39, 0.29) is 12.0 Å². The fourth-order valence-corrected chi connectivity index (χ4v) is 3.00. The lowest BCUT2D eigenvalue weighted by Gasteiger charge is -2.31. The van der Waals surface area contributed by atoms with Crippen molar-refractivity contribution in [3.63, 3.8) is 0 Å². The van der Waals surface area contributed by atoms with E-state index >= 15 is 0 Å². The molecule has 0 saturated carbocycles. The number of amides is 1. The van der Waals surface area contributed by atoms with Gasteiger partial charge in [0.1, 0.15) is 10.7 Å². The summed E-state index contributed by atoms with van der Waals surface area (Å²) in [4.78, 5) is 20.9. The van der Waals surface area contributed by atoms with Crippen LogP contribution in [0.5, 0.6) is 0 Å². The number of nitrogens with zero attached hydrogens (tertiary/aromatic N) is 3. The molecule has 1 aromatic heterocycles. The number of hydrogen-bond acceptors (Lipinski definition) is 6. The van der Waals surface area contributed by atoms with Gasteiger partial charge in [0.15, 0.2) is 5.13 Å². The second-order valence-electron chi connectivity index (χ2n) is 4.86. The van der Waals surface area contributed by atoms with Gasteiger partial charge in [0.2, 0.25) is 0 Å². The van der Waals surface area contributed by atoms with E-state index in [9.17, 15) is 4.79 Å². The molecule has 0 aliphatic carbocycles. The molecule has 1 saturated heterocycles. The lowest BCUT2D eigenvalue weighted by atomic mass is 10.1. The minimum atomic E-state index is -0.0372. The predicted octanol–water partition coefficient (Wildman–Crippen LogP) is 1.04. The largest absolute Gasteiger partial charge is 0.382 e. The van der Waals surface area contributed by atoms with E-state index in [0.717, 1.165) is 24.5 Å².